The van der Waals surface area contributed by atoms with E-state index in [9.17, 15) is 10.2 Å². The molecule has 0 radical (unpaired) electrons. The summed E-state index contributed by atoms with van der Waals surface area (Å²) in [6.45, 7) is 10.2. The lowest BCUT2D eigenvalue weighted by atomic mass is 9.73. The molecule has 0 bridgehead atoms. The lowest BCUT2D eigenvalue weighted by molar-refractivity contribution is -0.0320. The van der Waals surface area contributed by atoms with Crippen molar-refractivity contribution in [3.05, 3.63) is 0 Å². The molecule has 2 N–H and O–H groups in total. The van der Waals surface area contributed by atoms with Gasteiger partial charge in [-0.25, -0.2) is 0 Å². The lowest BCUT2D eigenvalue weighted by Crippen LogP contribution is -2.34. The van der Waals surface area contributed by atoms with E-state index < -0.39 is 12.2 Å². The van der Waals surface area contributed by atoms with Gasteiger partial charge in [0, 0.05) is 0 Å². The van der Waals surface area contributed by atoms with Crippen molar-refractivity contribution >= 4 is 0 Å². The van der Waals surface area contributed by atoms with Crippen LogP contribution in [0.15, 0.2) is 0 Å². The Kier molecular flexibility index (Phi) is 2.05. The van der Waals surface area contributed by atoms with Gasteiger partial charge in [0.2, 0.25) is 0 Å². The third-order valence-electron chi connectivity index (χ3n) is 4.06. The first-order valence-corrected chi connectivity index (χ1v) is 4.58. The first-order chi connectivity index (χ1) is 5.22. The average Bonchev–Trinajstić information content (AvgIpc) is 2.06. The molecule has 2 atom stereocenters. The SMILES string of the molecule is CC1C(C)(C)C(O)C(O)C1(C)C. The van der Waals surface area contributed by atoms with Crippen LogP contribution >= 0.6 is 0 Å². The van der Waals surface area contributed by atoms with E-state index in [0.717, 1.165) is 0 Å². The van der Waals surface area contributed by atoms with E-state index in [0.29, 0.717) is 5.92 Å². The Labute approximate surface area is 74.6 Å². The Morgan fingerprint density at radius 2 is 1.08 bits per heavy atom. The number of aliphatic hydroxyl groups is 2. The van der Waals surface area contributed by atoms with Crippen molar-refractivity contribution in [2.24, 2.45) is 16.7 Å². The monoisotopic (exact) mass is 172 g/mol. The van der Waals surface area contributed by atoms with E-state index in [1.165, 1.54) is 0 Å². The largest absolute Gasteiger partial charge is 0.390 e. The van der Waals surface area contributed by atoms with Gasteiger partial charge < -0.3 is 10.2 Å². The maximum atomic E-state index is 9.78. The molecular weight excluding hydrogens is 152 g/mol. The molecule has 0 heterocycles. The standard InChI is InChI=1S/C10H20O2/c1-6-9(2,3)7(11)8(12)10(6,4)5/h6-8,11-12H,1-5H3. The molecule has 1 saturated carbocycles. The summed E-state index contributed by atoms with van der Waals surface area (Å²) in [7, 11) is 0. The van der Waals surface area contributed by atoms with Crippen LogP contribution in [0.3, 0.4) is 0 Å². The first kappa shape index (κ1) is 10.0. The molecule has 12 heavy (non-hydrogen) atoms. The van der Waals surface area contributed by atoms with Gasteiger partial charge in [0.25, 0.3) is 0 Å². The van der Waals surface area contributed by atoms with Gasteiger partial charge in [-0.2, -0.15) is 0 Å². The van der Waals surface area contributed by atoms with Gasteiger partial charge in [0.15, 0.2) is 0 Å². The fourth-order valence-corrected chi connectivity index (χ4v) is 2.28. The molecule has 2 heteroatoms. The summed E-state index contributed by atoms with van der Waals surface area (Å²) >= 11 is 0. The fraction of sp³-hybridized carbons (Fsp3) is 1.00. The minimum Gasteiger partial charge on any atom is -0.390 e. The molecule has 0 aromatic heterocycles. The van der Waals surface area contributed by atoms with Gasteiger partial charge in [0.05, 0.1) is 12.2 Å². The van der Waals surface area contributed by atoms with Crippen LogP contribution in [0.25, 0.3) is 0 Å². The van der Waals surface area contributed by atoms with Gasteiger partial charge in [-0.15, -0.1) is 0 Å². The number of hydrogen-bond donors (Lipinski definition) is 2. The highest BCUT2D eigenvalue weighted by molar-refractivity contribution is 5.05. The summed E-state index contributed by atoms with van der Waals surface area (Å²) in [5.74, 6) is 0.329. The van der Waals surface area contributed by atoms with Crippen LogP contribution in [0, 0.1) is 16.7 Å². The summed E-state index contributed by atoms with van der Waals surface area (Å²) in [5.41, 5.74) is -0.355. The normalized spacial score (nSPS) is 44.8. The van der Waals surface area contributed by atoms with Crippen LogP contribution in [0.4, 0.5) is 0 Å². The van der Waals surface area contributed by atoms with Gasteiger partial charge in [-0.3, -0.25) is 0 Å². The fourth-order valence-electron chi connectivity index (χ4n) is 2.28. The summed E-state index contributed by atoms with van der Waals surface area (Å²) in [4.78, 5) is 0. The average molecular weight is 172 g/mol. The van der Waals surface area contributed by atoms with Crippen molar-refractivity contribution < 1.29 is 10.2 Å². The molecule has 0 aliphatic heterocycles. The Hall–Kier alpha value is -0.0800. The molecule has 0 amide bonds. The smallest absolute Gasteiger partial charge is 0.0857 e. The second-order valence-corrected chi connectivity index (χ2v) is 5.25. The predicted octanol–water partition coefficient (Wildman–Crippen LogP) is 1.41. The molecule has 1 fully saturated rings. The Bertz CT molecular complexity index is 164. The van der Waals surface area contributed by atoms with E-state index in [2.05, 4.69) is 6.92 Å². The van der Waals surface area contributed by atoms with Crippen LogP contribution < -0.4 is 0 Å². The summed E-state index contributed by atoms with van der Waals surface area (Å²) in [6.07, 6.45) is -1.19. The zero-order valence-electron chi connectivity index (χ0n) is 8.63. The van der Waals surface area contributed by atoms with Crippen LogP contribution in [0.5, 0.6) is 0 Å². The molecule has 0 saturated heterocycles. The zero-order chi connectivity index (χ0) is 9.73. The number of hydrogen-bond acceptors (Lipinski definition) is 2. The lowest BCUT2D eigenvalue weighted by Gasteiger charge is -2.32. The van der Waals surface area contributed by atoms with Crippen molar-refractivity contribution in [2.75, 3.05) is 0 Å². The molecule has 2 nitrogen and oxygen atoms in total. The van der Waals surface area contributed by atoms with Crippen molar-refractivity contribution in [1.29, 1.82) is 0 Å². The zero-order valence-corrected chi connectivity index (χ0v) is 8.63. The second-order valence-electron chi connectivity index (χ2n) is 5.25. The van der Waals surface area contributed by atoms with Crippen LogP contribution in [-0.4, -0.2) is 22.4 Å². The molecule has 0 aromatic rings. The molecule has 0 aromatic carbocycles. The summed E-state index contributed by atoms with van der Waals surface area (Å²) in [6, 6.07) is 0. The van der Waals surface area contributed by atoms with Crippen molar-refractivity contribution in [3.8, 4) is 0 Å². The highest BCUT2D eigenvalue weighted by Gasteiger charge is 2.56. The van der Waals surface area contributed by atoms with Gasteiger partial charge in [-0.1, -0.05) is 34.6 Å². The van der Waals surface area contributed by atoms with Crippen LogP contribution in [0.2, 0.25) is 0 Å². The third kappa shape index (κ3) is 1.01. The minimum absolute atomic E-state index is 0.178. The molecule has 0 spiro atoms. The molecule has 1 rings (SSSR count). The highest BCUT2D eigenvalue weighted by Crippen LogP contribution is 2.53. The number of aliphatic hydroxyl groups excluding tert-OH is 2. The maximum Gasteiger partial charge on any atom is 0.0857 e. The summed E-state index contributed by atoms with van der Waals surface area (Å²) < 4.78 is 0. The Balaban J connectivity index is 3.03. The highest BCUT2D eigenvalue weighted by atomic mass is 16.3. The van der Waals surface area contributed by atoms with E-state index in [1.54, 1.807) is 0 Å². The van der Waals surface area contributed by atoms with E-state index in [-0.39, 0.29) is 10.8 Å². The molecule has 72 valence electrons. The molecule has 2 unspecified atom stereocenters. The third-order valence-corrected chi connectivity index (χ3v) is 4.06. The minimum atomic E-state index is -0.595. The predicted molar refractivity (Wildman–Crippen MR) is 48.7 cm³/mol. The molecular formula is C10H20O2. The van der Waals surface area contributed by atoms with Crippen molar-refractivity contribution in [3.63, 3.8) is 0 Å². The van der Waals surface area contributed by atoms with E-state index >= 15 is 0 Å². The summed E-state index contributed by atoms with van der Waals surface area (Å²) in [5, 5.41) is 19.6. The van der Waals surface area contributed by atoms with Gasteiger partial charge in [-0.05, 0) is 16.7 Å². The van der Waals surface area contributed by atoms with Crippen molar-refractivity contribution in [2.45, 2.75) is 46.8 Å². The second kappa shape index (κ2) is 2.46. The van der Waals surface area contributed by atoms with E-state index in [4.69, 9.17) is 0 Å². The van der Waals surface area contributed by atoms with Gasteiger partial charge >= 0.3 is 0 Å². The van der Waals surface area contributed by atoms with Crippen molar-refractivity contribution in [1.82, 2.24) is 0 Å². The molecule has 1 aliphatic carbocycles. The Morgan fingerprint density at radius 1 is 0.833 bits per heavy atom. The van der Waals surface area contributed by atoms with Crippen LogP contribution in [0.1, 0.15) is 34.6 Å². The molecule has 1 aliphatic rings. The van der Waals surface area contributed by atoms with Crippen LogP contribution in [-0.2, 0) is 0 Å². The van der Waals surface area contributed by atoms with Gasteiger partial charge in [0.1, 0.15) is 0 Å². The topological polar surface area (TPSA) is 40.5 Å². The first-order valence-electron chi connectivity index (χ1n) is 4.58. The quantitative estimate of drug-likeness (QED) is 0.580. The van der Waals surface area contributed by atoms with E-state index in [1.807, 2.05) is 27.7 Å². The number of rotatable bonds is 0. The Morgan fingerprint density at radius 3 is 1.17 bits per heavy atom. The maximum absolute atomic E-state index is 9.78.